The molecule has 1 aliphatic rings. The van der Waals surface area contributed by atoms with Gasteiger partial charge in [-0.25, -0.2) is 0 Å². The van der Waals surface area contributed by atoms with E-state index in [2.05, 4.69) is 10.2 Å². The Morgan fingerprint density at radius 2 is 2.10 bits per heavy atom. The maximum Gasteiger partial charge on any atom is 0.236 e. The number of aryl methyl sites for hydroxylation is 1. The Labute approximate surface area is 120 Å². The van der Waals surface area contributed by atoms with Crippen molar-refractivity contribution in [2.24, 2.45) is 0 Å². The van der Waals surface area contributed by atoms with Gasteiger partial charge in [-0.2, -0.15) is 0 Å². The van der Waals surface area contributed by atoms with E-state index in [0.717, 1.165) is 24.6 Å². The average Bonchev–Trinajstić information content (AvgIpc) is 3.14. The summed E-state index contributed by atoms with van der Waals surface area (Å²) in [6, 6.07) is 4.44. The van der Waals surface area contributed by atoms with Gasteiger partial charge < -0.3 is 19.5 Å². The molecule has 5 heteroatoms. The molecule has 1 aliphatic carbocycles. The summed E-state index contributed by atoms with van der Waals surface area (Å²) in [6.07, 6.45) is 2.39. The molecule has 0 aromatic carbocycles. The van der Waals surface area contributed by atoms with Crippen molar-refractivity contribution in [2.45, 2.75) is 32.4 Å². The van der Waals surface area contributed by atoms with Gasteiger partial charge in [-0.05, 0) is 46.0 Å². The maximum atomic E-state index is 12.3. The first kappa shape index (κ1) is 15.1. The van der Waals surface area contributed by atoms with Crippen molar-refractivity contribution in [3.8, 4) is 0 Å². The highest BCUT2D eigenvalue weighted by Gasteiger charge is 2.23. The third kappa shape index (κ3) is 4.98. The Balaban J connectivity index is 1.89. The number of nitrogens with zero attached hydrogens (tertiary/aromatic N) is 2. The highest BCUT2D eigenvalue weighted by Crippen LogP contribution is 2.18. The molecular weight excluding hydrogens is 254 g/mol. The maximum absolute atomic E-state index is 12.3. The number of likely N-dealkylation sites (N-methyl/N-ethyl adjacent to an activating group) is 1. The fourth-order valence-electron chi connectivity index (χ4n) is 2.00. The topological polar surface area (TPSA) is 48.7 Å². The Bertz CT molecular complexity index is 438. The van der Waals surface area contributed by atoms with E-state index in [1.165, 1.54) is 12.8 Å². The number of carbonyl (C=O) groups excluding carboxylic acids is 1. The van der Waals surface area contributed by atoms with Crippen LogP contribution in [0.5, 0.6) is 0 Å². The number of amides is 1. The van der Waals surface area contributed by atoms with E-state index < -0.39 is 0 Å². The molecule has 0 unspecified atom stereocenters. The van der Waals surface area contributed by atoms with E-state index in [0.29, 0.717) is 19.1 Å². The lowest BCUT2D eigenvalue weighted by Gasteiger charge is -2.23. The molecule has 0 spiro atoms. The number of furan rings is 1. The molecule has 0 aliphatic heterocycles. The van der Waals surface area contributed by atoms with Crippen molar-refractivity contribution in [1.82, 2.24) is 15.1 Å². The number of carbonyl (C=O) groups is 1. The van der Waals surface area contributed by atoms with E-state index in [9.17, 15) is 4.79 Å². The zero-order valence-corrected chi connectivity index (χ0v) is 12.7. The summed E-state index contributed by atoms with van der Waals surface area (Å²) in [4.78, 5) is 16.3. The van der Waals surface area contributed by atoms with E-state index in [4.69, 9.17) is 4.42 Å². The molecule has 1 saturated carbocycles. The molecule has 0 bridgehead atoms. The van der Waals surface area contributed by atoms with Crippen molar-refractivity contribution in [3.63, 3.8) is 0 Å². The zero-order chi connectivity index (χ0) is 14.5. The molecule has 1 N–H and O–H groups in total. The number of nitrogens with one attached hydrogen (secondary N) is 1. The van der Waals surface area contributed by atoms with Crippen LogP contribution in [0.3, 0.4) is 0 Å². The van der Waals surface area contributed by atoms with Gasteiger partial charge in [-0.15, -0.1) is 0 Å². The van der Waals surface area contributed by atoms with E-state index in [1.807, 2.05) is 38.1 Å². The summed E-state index contributed by atoms with van der Waals surface area (Å²) in [7, 11) is 4.03. The summed E-state index contributed by atoms with van der Waals surface area (Å²) in [5.74, 6) is 1.88. The van der Waals surface area contributed by atoms with Gasteiger partial charge in [-0.3, -0.25) is 4.79 Å². The molecule has 2 rings (SSSR count). The van der Waals surface area contributed by atoms with Gasteiger partial charge in [-0.1, -0.05) is 0 Å². The summed E-state index contributed by atoms with van der Waals surface area (Å²) in [6.45, 7) is 4.47. The molecule has 5 nitrogen and oxygen atoms in total. The normalized spacial score (nSPS) is 14.8. The average molecular weight is 279 g/mol. The number of rotatable bonds is 8. The molecule has 1 heterocycles. The van der Waals surface area contributed by atoms with Gasteiger partial charge in [0.25, 0.3) is 0 Å². The van der Waals surface area contributed by atoms with Gasteiger partial charge in [0.05, 0.1) is 13.1 Å². The highest BCUT2D eigenvalue weighted by atomic mass is 16.3. The summed E-state index contributed by atoms with van der Waals surface area (Å²) in [5, 5.41) is 3.28. The Morgan fingerprint density at radius 3 is 2.65 bits per heavy atom. The van der Waals surface area contributed by atoms with E-state index in [1.54, 1.807) is 0 Å². The van der Waals surface area contributed by atoms with Crippen LogP contribution in [0.2, 0.25) is 0 Å². The smallest absolute Gasteiger partial charge is 0.236 e. The lowest BCUT2D eigenvalue weighted by molar-refractivity contribution is -0.131. The standard InChI is InChI=1S/C15H25N3O2/c1-12-4-7-14(20-12)11-18(9-8-17(2)3)15(19)10-16-13-5-6-13/h4,7,13,16H,5-6,8-11H2,1-3H3. The summed E-state index contributed by atoms with van der Waals surface area (Å²) >= 11 is 0. The molecule has 112 valence electrons. The number of hydrogen-bond donors (Lipinski definition) is 1. The first-order valence-corrected chi connectivity index (χ1v) is 7.26. The molecule has 1 aromatic rings. The van der Waals surface area contributed by atoms with Crippen LogP contribution >= 0.6 is 0 Å². The third-order valence-electron chi connectivity index (χ3n) is 3.43. The lowest BCUT2D eigenvalue weighted by atomic mass is 10.3. The van der Waals surface area contributed by atoms with E-state index >= 15 is 0 Å². The monoisotopic (exact) mass is 279 g/mol. The second-order valence-corrected chi connectivity index (χ2v) is 5.79. The Morgan fingerprint density at radius 1 is 1.35 bits per heavy atom. The predicted octanol–water partition coefficient (Wildman–Crippen LogP) is 1.23. The fourth-order valence-corrected chi connectivity index (χ4v) is 2.00. The molecule has 20 heavy (non-hydrogen) atoms. The van der Waals surface area contributed by atoms with Crippen molar-refractivity contribution >= 4 is 5.91 Å². The Kier molecular flexibility index (Phi) is 5.20. The quantitative estimate of drug-likeness (QED) is 0.777. The van der Waals surface area contributed by atoms with Crippen LogP contribution in [-0.4, -0.2) is 55.5 Å². The van der Waals surface area contributed by atoms with Gasteiger partial charge in [0.15, 0.2) is 0 Å². The lowest BCUT2D eigenvalue weighted by Crippen LogP contribution is -2.41. The predicted molar refractivity (Wildman–Crippen MR) is 78.4 cm³/mol. The van der Waals surface area contributed by atoms with Crippen LogP contribution in [0, 0.1) is 6.92 Å². The van der Waals surface area contributed by atoms with Crippen LogP contribution in [0.1, 0.15) is 24.4 Å². The number of hydrogen-bond acceptors (Lipinski definition) is 4. The second kappa shape index (κ2) is 6.90. The van der Waals surface area contributed by atoms with Crippen LogP contribution in [0.4, 0.5) is 0 Å². The molecule has 0 radical (unpaired) electrons. The van der Waals surface area contributed by atoms with Gasteiger partial charge in [0.2, 0.25) is 5.91 Å². The third-order valence-corrected chi connectivity index (χ3v) is 3.43. The van der Waals surface area contributed by atoms with Crippen LogP contribution < -0.4 is 5.32 Å². The molecular formula is C15H25N3O2. The minimum Gasteiger partial charge on any atom is -0.464 e. The first-order valence-electron chi connectivity index (χ1n) is 7.26. The van der Waals surface area contributed by atoms with Crippen molar-refractivity contribution in [3.05, 3.63) is 23.7 Å². The minimum absolute atomic E-state index is 0.146. The highest BCUT2D eigenvalue weighted by molar-refractivity contribution is 5.78. The molecule has 1 amide bonds. The van der Waals surface area contributed by atoms with Crippen molar-refractivity contribution in [2.75, 3.05) is 33.7 Å². The summed E-state index contributed by atoms with van der Waals surface area (Å²) in [5.41, 5.74) is 0. The molecule has 1 aromatic heterocycles. The van der Waals surface area contributed by atoms with Crippen LogP contribution in [0.15, 0.2) is 16.5 Å². The van der Waals surface area contributed by atoms with Gasteiger partial charge in [0, 0.05) is 19.1 Å². The SMILES string of the molecule is Cc1ccc(CN(CCN(C)C)C(=O)CNC2CC2)o1. The fraction of sp³-hybridized carbons (Fsp3) is 0.667. The van der Waals surface area contributed by atoms with E-state index in [-0.39, 0.29) is 5.91 Å². The molecule has 0 atom stereocenters. The molecule has 1 fully saturated rings. The second-order valence-electron chi connectivity index (χ2n) is 5.79. The summed E-state index contributed by atoms with van der Waals surface area (Å²) < 4.78 is 5.58. The van der Waals surface area contributed by atoms with Crippen molar-refractivity contribution in [1.29, 1.82) is 0 Å². The minimum atomic E-state index is 0.146. The van der Waals surface area contributed by atoms with Crippen LogP contribution in [-0.2, 0) is 11.3 Å². The largest absolute Gasteiger partial charge is 0.464 e. The Hall–Kier alpha value is -1.33. The van der Waals surface area contributed by atoms with Gasteiger partial charge >= 0.3 is 0 Å². The van der Waals surface area contributed by atoms with Crippen LogP contribution in [0.25, 0.3) is 0 Å². The molecule has 0 saturated heterocycles. The first-order chi connectivity index (χ1) is 9.54. The zero-order valence-electron chi connectivity index (χ0n) is 12.7. The van der Waals surface area contributed by atoms with Crippen molar-refractivity contribution < 1.29 is 9.21 Å². The van der Waals surface area contributed by atoms with Gasteiger partial charge in [0.1, 0.15) is 11.5 Å².